The molecule has 1 unspecified atom stereocenters. The van der Waals surface area contributed by atoms with Gasteiger partial charge in [0.25, 0.3) is 0 Å². The molecule has 1 N–H and O–H groups in total. The topological polar surface area (TPSA) is 54.2 Å². The quantitative estimate of drug-likeness (QED) is 0.941. The molecule has 0 aliphatic carbocycles. The lowest BCUT2D eigenvalue weighted by atomic mass is 10.1. The van der Waals surface area contributed by atoms with Crippen molar-refractivity contribution in [3.63, 3.8) is 0 Å². The van der Waals surface area contributed by atoms with Gasteiger partial charge in [-0.15, -0.1) is 0 Å². The van der Waals surface area contributed by atoms with Gasteiger partial charge in [0.1, 0.15) is 0 Å². The molecule has 1 atom stereocenters. The zero-order chi connectivity index (χ0) is 14.7. The van der Waals surface area contributed by atoms with Gasteiger partial charge in [-0.25, -0.2) is 0 Å². The summed E-state index contributed by atoms with van der Waals surface area (Å²) in [5.74, 6) is 1.28. The summed E-state index contributed by atoms with van der Waals surface area (Å²) in [4.78, 5) is 6.82. The number of aromatic nitrogens is 2. The third kappa shape index (κ3) is 3.61. The van der Waals surface area contributed by atoms with Gasteiger partial charge in [0.05, 0.1) is 6.54 Å². The van der Waals surface area contributed by atoms with Crippen LogP contribution in [-0.4, -0.2) is 41.2 Å². The number of hydrogen-bond acceptors (Lipinski definition) is 5. The fourth-order valence-corrected chi connectivity index (χ4v) is 2.79. The smallest absolute Gasteiger partial charge is 0.241 e. The Balaban J connectivity index is 1.66. The number of rotatable bonds is 4. The Morgan fingerprint density at radius 3 is 2.95 bits per heavy atom. The number of piperidine rings is 1. The van der Waals surface area contributed by atoms with Crippen molar-refractivity contribution in [2.45, 2.75) is 25.4 Å². The number of likely N-dealkylation sites (tertiary alicyclic amines) is 1. The highest BCUT2D eigenvalue weighted by atomic mass is 35.5. The Morgan fingerprint density at radius 1 is 1.38 bits per heavy atom. The molecular formula is C15H19ClN4O. The molecule has 3 rings (SSSR count). The van der Waals surface area contributed by atoms with E-state index < -0.39 is 0 Å². The fraction of sp³-hybridized carbons (Fsp3) is 0.467. The number of likely N-dealkylation sites (N-methyl/N-ethyl adjacent to an activating group) is 1. The molecule has 2 aromatic rings. The summed E-state index contributed by atoms with van der Waals surface area (Å²) in [5, 5.41) is 8.09. The van der Waals surface area contributed by atoms with Crippen molar-refractivity contribution in [3.8, 4) is 11.4 Å². The molecule has 1 saturated heterocycles. The standard InChI is InChI=1S/C15H19ClN4O/c1-17-13-3-2-8-20(9-13)10-14-18-15(19-21-14)11-4-6-12(16)7-5-11/h4-7,13,17H,2-3,8-10H2,1H3. The third-order valence-corrected chi connectivity index (χ3v) is 4.10. The minimum Gasteiger partial charge on any atom is -0.338 e. The first-order chi connectivity index (χ1) is 10.2. The van der Waals surface area contributed by atoms with E-state index in [1.807, 2.05) is 31.3 Å². The van der Waals surface area contributed by atoms with Crippen LogP contribution >= 0.6 is 11.6 Å². The van der Waals surface area contributed by atoms with Crippen LogP contribution in [0.1, 0.15) is 18.7 Å². The number of nitrogens with zero attached hydrogens (tertiary/aromatic N) is 3. The Kier molecular flexibility index (Phi) is 4.53. The second-order valence-corrected chi connectivity index (χ2v) is 5.82. The Morgan fingerprint density at radius 2 is 2.19 bits per heavy atom. The lowest BCUT2D eigenvalue weighted by molar-refractivity contribution is 0.167. The fourth-order valence-electron chi connectivity index (χ4n) is 2.66. The van der Waals surface area contributed by atoms with Crippen LogP contribution in [-0.2, 0) is 6.54 Å². The van der Waals surface area contributed by atoms with E-state index >= 15 is 0 Å². The molecule has 1 aromatic heterocycles. The first-order valence-corrected chi connectivity index (χ1v) is 7.60. The van der Waals surface area contributed by atoms with Gasteiger partial charge in [-0.3, -0.25) is 4.90 Å². The molecule has 0 amide bonds. The highest BCUT2D eigenvalue weighted by molar-refractivity contribution is 6.30. The van der Waals surface area contributed by atoms with E-state index in [0.29, 0.717) is 29.3 Å². The summed E-state index contributed by atoms with van der Waals surface area (Å²) in [5.41, 5.74) is 0.918. The lowest BCUT2D eigenvalue weighted by Crippen LogP contribution is -2.43. The van der Waals surface area contributed by atoms with Crippen molar-refractivity contribution < 1.29 is 4.52 Å². The molecule has 0 bridgehead atoms. The summed E-state index contributed by atoms with van der Waals surface area (Å²) in [6.45, 7) is 2.81. The van der Waals surface area contributed by atoms with Crippen molar-refractivity contribution >= 4 is 11.6 Å². The van der Waals surface area contributed by atoms with E-state index in [4.69, 9.17) is 16.1 Å². The predicted octanol–water partition coefficient (Wildman–Crippen LogP) is 2.57. The van der Waals surface area contributed by atoms with Crippen LogP contribution in [0.5, 0.6) is 0 Å². The average Bonchev–Trinajstić information content (AvgIpc) is 2.96. The zero-order valence-corrected chi connectivity index (χ0v) is 12.8. The molecule has 0 spiro atoms. The van der Waals surface area contributed by atoms with Gasteiger partial charge >= 0.3 is 0 Å². The molecular weight excluding hydrogens is 288 g/mol. The van der Waals surface area contributed by atoms with Crippen LogP contribution in [0, 0.1) is 0 Å². The summed E-state index contributed by atoms with van der Waals surface area (Å²) < 4.78 is 5.36. The van der Waals surface area contributed by atoms with Crippen molar-refractivity contribution in [1.82, 2.24) is 20.4 Å². The summed E-state index contributed by atoms with van der Waals surface area (Å²) in [7, 11) is 2.01. The van der Waals surface area contributed by atoms with Gasteiger partial charge < -0.3 is 9.84 Å². The maximum Gasteiger partial charge on any atom is 0.241 e. The second kappa shape index (κ2) is 6.56. The lowest BCUT2D eigenvalue weighted by Gasteiger charge is -2.31. The minimum atomic E-state index is 0.553. The van der Waals surface area contributed by atoms with Crippen LogP contribution in [0.2, 0.25) is 5.02 Å². The Labute approximate surface area is 129 Å². The molecule has 1 fully saturated rings. The van der Waals surface area contributed by atoms with Gasteiger partial charge in [0, 0.05) is 23.2 Å². The molecule has 112 valence electrons. The Hall–Kier alpha value is -1.43. The number of nitrogens with one attached hydrogen (secondary N) is 1. The summed E-state index contributed by atoms with van der Waals surface area (Å²) in [6.07, 6.45) is 2.43. The van der Waals surface area contributed by atoms with E-state index in [-0.39, 0.29) is 0 Å². The van der Waals surface area contributed by atoms with Gasteiger partial charge in [0.15, 0.2) is 0 Å². The van der Waals surface area contributed by atoms with Gasteiger partial charge in [-0.2, -0.15) is 4.98 Å². The molecule has 0 saturated carbocycles. The minimum absolute atomic E-state index is 0.553. The molecule has 5 nitrogen and oxygen atoms in total. The SMILES string of the molecule is CNC1CCCN(Cc2nc(-c3ccc(Cl)cc3)no2)C1. The highest BCUT2D eigenvalue weighted by Crippen LogP contribution is 2.19. The van der Waals surface area contributed by atoms with Gasteiger partial charge in [-0.1, -0.05) is 16.8 Å². The average molecular weight is 307 g/mol. The zero-order valence-electron chi connectivity index (χ0n) is 12.1. The highest BCUT2D eigenvalue weighted by Gasteiger charge is 2.20. The van der Waals surface area contributed by atoms with Crippen molar-refractivity contribution in [1.29, 1.82) is 0 Å². The predicted molar refractivity (Wildman–Crippen MR) is 82.1 cm³/mol. The van der Waals surface area contributed by atoms with Crippen molar-refractivity contribution in [2.24, 2.45) is 0 Å². The molecule has 0 radical (unpaired) electrons. The van der Waals surface area contributed by atoms with E-state index in [9.17, 15) is 0 Å². The van der Waals surface area contributed by atoms with Gasteiger partial charge in [-0.05, 0) is 50.7 Å². The Bertz CT molecular complexity index is 584. The molecule has 1 aliphatic heterocycles. The van der Waals surface area contributed by atoms with Crippen LogP contribution in [0.3, 0.4) is 0 Å². The third-order valence-electron chi connectivity index (χ3n) is 3.84. The maximum absolute atomic E-state index is 5.88. The van der Waals surface area contributed by atoms with E-state index in [0.717, 1.165) is 18.7 Å². The second-order valence-electron chi connectivity index (χ2n) is 5.38. The maximum atomic E-state index is 5.88. The number of benzene rings is 1. The van der Waals surface area contributed by atoms with Crippen LogP contribution in [0.15, 0.2) is 28.8 Å². The summed E-state index contributed by atoms with van der Waals surface area (Å²) in [6, 6.07) is 8.01. The van der Waals surface area contributed by atoms with E-state index in [1.165, 1.54) is 12.8 Å². The van der Waals surface area contributed by atoms with Crippen LogP contribution < -0.4 is 5.32 Å². The van der Waals surface area contributed by atoms with E-state index in [2.05, 4.69) is 20.4 Å². The van der Waals surface area contributed by atoms with Crippen molar-refractivity contribution in [2.75, 3.05) is 20.1 Å². The van der Waals surface area contributed by atoms with E-state index in [1.54, 1.807) is 0 Å². The first-order valence-electron chi connectivity index (χ1n) is 7.23. The monoisotopic (exact) mass is 306 g/mol. The molecule has 6 heteroatoms. The first kappa shape index (κ1) is 14.5. The molecule has 1 aromatic carbocycles. The number of halogens is 1. The summed E-state index contributed by atoms with van der Waals surface area (Å²) >= 11 is 5.88. The van der Waals surface area contributed by atoms with Crippen LogP contribution in [0.25, 0.3) is 11.4 Å². The molecule has 2 heterocycles. The number of hydrogen-bond donors (Lipinski definition) is 1. The molecule has 21 heavy (non-hydrogen) atoms. The largest absolute Gasteiger partial charge is 0.338 e. The van der Waals surface area contributed by atoms with Gasteiger partial charge in [0.2, 0.25) is 11.7 Å². The normalized spacial score (nSPS) is 19.8. The van der Waals surface area contributed by atoms with Crippen molar-refractivity contribution in [3.05, 3.63) is 35.2 Å². The molecule has 1 aliphatic rings. The van der Waals surface area contributed by atoms with Crippen LogP contribution in [0.4, 0.5) is 0 Å².